The van der Waals surface area contributed by atoms with Crippen LogP contribution in [0.5, 0.6) is 0 Å². The van der Waals surface area contributed by atoms with Gasteiger partial charge in [0.05, 0.1) is 0 Å². The van der Waals surface area contributed by atoms with E-state index in [-0.39, 0.29) is 0 Å². The van der Waals surface area contributed by atoms with E-state index in [0.29, 0.717) is 18.4 Å². The van der Waals surface area contributed by atoms with E-state index in [2.05, 4.69) is 6.58 Å². The van der Waals surface area contributed by atoms with Crippen LogP contribution in [0, 0.1) is 0 Å². The summed E-state index contributed by atoms with van der Waals surface area (Å²) in [5.74, 6) is 0. The largest absolute Gasteiger partial charge is 0.285 e. The van der Waals surface area contributed by atoms with Gasteiger partial charge in [-0.3, -0.25) is 4.55 Å². The van der Waals surface area contributed by atoms with Gasteiger partial charge in [0.2, 0.25) is 0 Å². The fourth-order valence-electron chi connectivity index (χ4n) is 1.42. The molecule has 0 saturated carbocycles. The summed E-state index contributed by atoms with van der Waals surface area (Å²) < 4.78 is 31.4. The van der Waals surface area contributed by atoms with E-state index in [4.69, 9.17) is 4.55 Å². The minimum atomic E-state index is -4.04. The van der Waals surface area contributed by atoms with E-state index in [1.165, 1.54) is 0 Å². The van der Waals surface area contributed by atoms with Crippen LogP contribution in [0.2, 0.25) is 0 Å². The van der Waals surface area contributed by atoms with Gasteiger partial charge in [-0.15, -0.1) is 6.58 Å². The van der Waals surface area contributed by atoms with Crippen molar-refractivity contribution in [2.45, 2.75) is 18.1 Å². The van der Waals surface area contributed by atoms with Crippen molar-refractivity contribution in [3.63, 3.8) is 0 Å². The number of hydrogen-bond donors (Lipinski definition) is 1. The highest BCUT2D eigenvalue weighted by Gasteiger charge is 2.23. The first-order valence-electron chi connectivity index (χ1n) is 4.68. The molecule has 1 N–H and O–H groups in total. The Balaban J connectivity index is 2.97. The molecule has 1 rings (SSSR count). The molecule has 1 aromatic rings. The highest BCUT2D eigenvalue weighted by atomic mass is 32.2. The second-order valence-electron chi connectivity index (χ2n) is 3.28. The average molecular weight is 226 g/mol. The van der Waals surface area contributed by atoms with Gasteiger partial charge in [0, 0.05) is 0 Å². The maximum absolute atomic E-state index is 11.2. The fraction of sp³-hybridized carbons (Fsp3) is 0.273. The molecule has 0 aliphatic carbocycles. The lowest BCUT2D eigenvalue weighted by Gasteiger charge is -2.12. The second-order valence-corrected chi connectivity index (χ2v) is 4.88. The van der Waals surface area contributed by atoms with Crippen molar-refractivity contribution in [3.8, 4) is 0 Å². The van der Waals surface area contributed by atoms with Crippen LogP contribution in [0.25, 0.3) is 0 Å². The molecule has 1 unspecified atom stereocenters. The molecular weight excluding hydrogens is 212 g/mol. The normalized spacial score (nSPS) is 13.4. The molecule has 0 aromatic heterocycles. The number of rotatable bonds is 5. The Morgan fingerprint density at radius 3 is 2.40 bits per heavy atom. The minimum absolute atomic E-state index is 0.354. The van der Waals surface area contributed by atoms with E-state index < -0.39 is 15.4 Å². The molecule has 1 aromatic carbocycles. The first kappa shape index (κ1) is 11.9. The quantitative estimate of drug-likeness (QED) is 0.620. The van der Waals surface area contributed by atoms with Crippen LogP contribution in [0.3, 0.4) is 0 Å². The Kier molecular flexibility index (Phi) is 4.05. The van der Waals surface area contributed by atoms with E-state index in [1.54, 1.807) is 36.4 Å². The minimum Gasteiger partial charge on any atom is -0.285 e. The van der Waals surface area contributed by atoms with E-state index in [9.17, 15) is 8.42 Å². The van der Waals surface area contributed by atoms with Crippen molar-refractivity contribution in [2.75, 3.05) is 0 Å². The summed E-state index contributed by atoms with van der Waals surface area (Å²) in [4.78, 5) is 0. The molecule has 0 spiro atoms. The first-order chi connectivity index (χ1) is 7.05. The topological polar surface area (TPSA) is 54.4 Å². The molecule has 0 aliphatic rings. The summed E-state index contributed by atoms with van der Waals surface area (Å²) in [6, 6.07) is 8.70. The molecule has 0 saturated heterocycles. The van der Waals surface area contributed by atoms with Crippen molar-refractivity contribution in [1.82, 2.24) is 0 Å². The molecule has 3 nitrogen and oxygen atoms in total. The molecule has 0 radical (unpaired) electrons. The van der Waals surface area contributed by atoms with Crippen molar-refractivity contribution in [1.29, 1.82) is 0 Å². The SMILES string of the molecule is C=CCCC(c1ccccc1)S(=O)(=O)O. The molecule has 82 valence electrons. The fourth-order valence-corrected chi connectivity index (χ4v) is 2.36. The molecule has 1 atom stereocenters. The molecular formula is C11H14O3S. The Bertz CT molecular complexity index is 409. The van der Waals surface area contributed by atoms with Crippen LogP contribution in [0.4, 0.5) is 0 Å². The van der Waals surface area contributed by atoms with Crippen molar-refractivity contribution >= 4 is 10.1 Å². The van der Waals surface area contributed by atoms with Gasteiger partial charge in [-0.05, 0) is 18.4 Å². The van der Waals surface area contributed by atoms with Gasteiger partial charge < -0.3 is 0 Å². The van der Waals surface area contributed by atoms with Crippen molar-refractivity contribution in [3.05, 3.63) is 48.6 Å². The first-order valence-corrected chi connectivity index (χ1v) is 6.18. The summed E-state index contributed by atoms with van der Waals surface area (Å²) in [7, 11) is -4.04. The van der Waals surface area contributed by atoms with Gasteiger partial charge in [0.15, 0.2) is 0 Å². The van der Waals surface area contributed by atoms with E-state index in [1.807, 2.05) is 0 Å². The molecule has 0 bridgehead atoms. The third-order valence-corrected chi connectivity index (χ3v) is 3.39. The zero-order valence-electron chi connectivity index (χ0n) is 8.33. The lowest BCUT2D eigenvalue weighted by atomic mass is 10.1. The smallest absolute Gasteiger partial charge is 0.272 e. The lowest BCUT2D eigenvalue weighted by molar-refractivity contribution is 0.464. The molecule has 0 fully saturated rings. The standard InChI is InChI=1S/C11H14O3S/c1-2-3-9-11(15(12,13)14)10-7-5-4-6-8-10/h2,4-8,11H,1,3,9H2,(H,12,13,14). The highest BCUT2D eigenvalue weighted by molar-refractivity contribution is 7.86. The number of hydrogen-bond acceptors (Lipinski definition) is 2. The van der Waals surface area contributed by atoms with Gasteiger partial charge in [-0.2, -0.15) is 8.42 Å². The van der Waals surface area contributed by atoms with Crippen LogP contribution in [-0.4, -0.2) is 13.0 Å². The van der Waals surface area contributed by atoms with Crippen molar-refractivity contribution in [2.24, 2.45) is 0 Å². The molecule has 0 amide bonds. The van der Waals surface area contributed by atoms with E-state index in [0.717, 1.165) is 0 Å². The molecule has 0 heterocycles. The summed E-state index contributed by atoms with van der Waals surface area (Å²) in [6.45, 7) is 3.53. The predicted octanol–water partition coefficient (Wildman–Crippen LogP) is 2.58. The zero-order valence-corrected chi connectivity index (χ0v) is 9.15. The van der Waals surface area contributed by atoms with E-state index >= 15 is 0 Å². The third-order valence-electron chi connectivity index (χ3n) is 2.16. The number of allylic oxidation sites excluding steroid dienone is 1. The maximum Gasteiger partial charge on any atom is 0.272 e. The Morgan fingerprint density at radius 2 is 1.93 bits per heavy atom. The van der Waals surface area contributed by atoms with Gasteiger partial charge in [-0.1, -0.05) is 36.4 Å². The van der Waals surface area contributed by atoms with Gasteiger partial charge in [0.25, 0.3) is 10.1 Å². The average Bonchev–Trinajstić information content (AvgIpc) is 2.18. The monoisotopic (exact) mass is 226 g/mol. The Labute approximate surface area is 90.2 Å². The lowest BCUT2D eigenvalue weighted by Crippen LogP contribution is -2.11. The van der Waals surface area contributed by atoms with Gasteiger partial charge in [-0.25, -0.2) is 0 Å². The highest BCUT2D eigenvalue weighted by Crippen LogP contribution is 2.26. The number of benzene rings is 1. The van der Waals surface area contributed by atoms with Gasteiger partial charge in [0.1, 0.15) is 5.25 Å². The third kappa shape index (κ3) is 3.49. The summed E-state index contributed by atoms with van der Waals surface area (Å²) in [5, 5.41) is -0.850. The summed E-state index contributed by atoms with van der Waals surface area (Å²) >= 11 is 0. The Morgan fingerprint density at radius 1 is 1.33 bits per heavy atom. The molecule has 0 aliphatic heterocycles. The van der Waals surface area contributed by atoms with Crippen molar-refractivity contribution < 1.29 is 13.0 Å². The van der Waals surface area contributed by atoms with Crippen LogP contribution in [-0.2, 0) is 10.1 Å². The molecule has 15 heavy (non-hydrogen) atoms. The van der Waals surface area contributed by atoms with Crippen LogP contribution in [0.1, 0.15) is 23.7 Å². The van der Waals surface area contributed by atoms with Gasteiger partial charge >= 0.3 is 0 Å². The van der Waals surface area contributed by atoms with Crippen LogP contribution in [0.15, 0.2) is 43.0 Å². The molecule has 4 heteroatoms. The summed E-state index contributed by atoms with van der Waals surface area (Å²) in [6.07, 6.45) is 2.55. The predicted molar refractivity (Wildman–Crippen MR) is 60.2 cm³/mol. The summed E-state index contributed by atoms with van der Waals surface area (Å²) in [5.41, 5.74) is 0.613. The zero-order chi connectivity index (χ0) is 11.3. The maximum atomic E-state index is 11.2. The van der Waals surface area contributed by atoms with Crippen LogP contribution < -0.4 is 0 Å². The second kappa shape index (κ2) is 5.09. The van der Waals surface area contributed by atoms with Crippen LogP contribution >= 0.6 is 0 Å². The Hall–Kier alpha value is -1.13.